The van der Waals surface area contributed by atoms with E-state index in [4.69, 9.17) is 18.6 Å². The van der Waals surface area contributed by atoms with Crippen LogP contribution in [0.3, 0.4) is 0 Å². The molecule has 0 atom stereocenters. The number of hydrogen-bond acceptors (Lipinski definition) is 7. The van der Waals surface area contributed by atoms with E-state index in [0.29, 0.717) is 5.75 Å². The second-order valence-corrected chi connectivity index (χ2v) is 7.50. The van der Waals surface area contributed by atoms with Gasteiger partial charge in [0.05, 0.1) is 25.2 Å². The Balaban J connectivity index is 1.67. The lowest BCUT2D eigenvalue weighted by atomic mass is 10.2. The molecule has 0 saturated carbocycles. The van der Waals surface area contributed by atoms with Crippen LogP contribution < -0.4 is 19.6 Å². The van der Waals surface area contributed by atoms with E-state index in [1.165, 1.54) is 56.7 Å². The molecule has 0 aliphatic heterocycles. The number of ether oxygens (including phenoxy) is 4. The van der Waals surface area contributed by atoms with Gasteiger partial charge in [-0.25, -0.2) is 4.79 Å². The van der Waals surface area contributed by atoms with Crippen LogP contribution >= 0.6 is 0 Å². The van der Waals surface area contributed by atoms with Gasteiger partial charge in [0.2, 0.25) is 11.2 Å². The molecule has 36 heavy (non-hydrogen) atoms. The summed E-state index contributed by atoms with van der Waals surface area (Å²) < 4.78 is 67.2. The minimum atomic E-state index is -5.02. The fourth-order valence-electron chi connectivity index (χ4n) is 3.35. The summed E-state index contributed by atoms with van der Waals surface area (Å²) in [6, 6.07) is 16.1. The van der Waals surface area contributed by atoms with E-state index >= 15 is 0 Å². The number of benzene rings is 3. The summed E-state index contributed by atoms with van der Waals surface area (Å²) in [6.07, 6.45) is -5.02. The lowest BCUT2D eigenvalue weighted by molar-refractivity contribution is -0.154. The third-order valence-corrected chi connectivity index (χ3v) is 5.11. The van der Waals surface area contributed by atoms with Crippen molar-refractivity contribution in [3.63, 3.8) is 0 Å². The molecule has 0 aliphatic carbocycles. The van der Waals surface area contributed by atoms with Crippen LogP contribution in [0.25, 0.3) is 11.0 Å². The van der Waals surface area contributed by atoms with Gasteiger partial charge in [-0.1, -0.05) is 12.1 Å². The average Bonchev–Trinajstić information content (AvgIpc) is 2.88. The monoisotopic (exact) mass is 500 g/mol. The fraction of sp³-hybridized carbons (Fsp3) is 0.154. The van der Waals surface area contributed by atoms with Gasteiger partial charge in [0, 0.05) is 6.07 Å². The molecule has 0 spiro atoms. The molecule has 0 N–H and O–H groups in total. The van der Waals surface area contributed by atoms with Crippen molar-refractivity contribution < 1.29 is 41.3 Å². The number of rotatable bonds is 7. The van der Waals surface area contributed by atoms with Crippen LogP contribution in [0.1, 0.15) is 21.7 Å². The van der Waals surface area contributed by atoms with Crippen LogP contribution in [0, 0.1) is 0 Å². The lowest BCUT2D eigenvalue weighted by Gasteiger charge is -2.14. The first kappa shape index (κ1) is 24.6. The summed E-state index contributed by atoms with van der Waals surface area (Å²) in [7, 11) is 2.72. The van der Waals surface area contributed by atoms with Gasteiger partial charge < -0.3 is 23.4 Å². The molecule has 4 aromatic rings. The second-order valence-electron chi connectivity index (χ2n) is 7.50. The molecule has 0 bridgehead atoms. The minimum Gasteiger partial charge on any atom is -0.497 e. The van der Waals surface area contributed by atoms with Crippen LogP contribution in [0.4, 0.5) is 13.2 Å². The van der Waals surface area contributed by atoms with E-state index in [1.54, 1.807) is 24.3 Å². The Morgan fingerprint density at radius 2 is 1.64 bits per heavy atom. The Morgan fingerprint density at radius 3 is 2.31 bits per heavy atom. The summed E-state index contributed by atoms with van der Waals surface area (Å²) >= 11 is 0. The highest BCUT2D eigenvalue weighted by atomic mass is 19.4. The smallest absolute Gasteiger partial charge is 0.453 e. The van der Waals surface area contributed by atoms with Gasteiger partial charge >= 0.3 is 12.1 Å². The summed E-state index contributed by atoms with van der Waals surface area (Å²) in [4.78, 5) is 24.5. The highest BCUT2D eigenvalue weighted by molar-refractivity contribution is 5.89. The maximum Gasteiger partial charge on any atom is 0.453 e. The maximum absolute atomic E-state index is 13.8. The molecule has 3 aromatic carbocycles. The summed E-state index contributed by atoms with van der Waals surface area (Å²) in [5, 5.41) is -0.127. The van der Waals surface area contributed by atoms with Crippen molar-refractivity contribution in [3.05, 3.63) is 93.8 Å². The van der Waals surface area contributed by atoms with Crippen molar-refractivity contribution in [1.29, 1.82) is 0 Å². The molecule has 4 rings (SSSR count). The van der Waals surface area contributed by atoms with E-state index in [0.717, 1.165) is 5.56 Å². The first-order valence-electron chi connectivity index (χ1n) is 10.5. The Kier molecular flexibility index (Phi) is 6.86. The van der Waals surface area contributed by atoms with E-state index in [2.05, 4.69) is 4.74 Å². The van der Waals surface area contributed by atoms with Gasteiger partial charge in [0.1, 0.15) is 29.4 Å². The van der Waals surface area contributed by atoms with Crippen LogP contribution in [0.2, 0.25) is 0 Å². The van der Waals surface area contributed by atoms with Crippen molar-refractivity contribution in [2.75, 3.05) is 14.2 Å². The molecule has 0 amide bonds. The lowest BCUT2D eigenvalue weighted by Crippen LogP contribution is -2.15. The largest absolute Gasteiger partial charge is 0.497 e. The topological polar surface area (TPSA) is 84.2 Å². The van der Waals surface area contributed by atoms with Crippen molar-refractivity contribution in [2.24, 2.45) is 0 Å². The molecule has 186 valence electrons. The number of methoxy groups -OCH3 is 2. The molecule has 0 fully saturated rings. The van der Waals surface area contributed by atoms with Gasteiger partial charge in [0.25, 0.3) is 5.76 Å². The van der Waals surface area contributed by atoms with Crippen LogP contribution in [0.5, 0.6) is 23.0 Å². The number of hydrogen-bond donors (Lipinski definition) is 0. The molecular formula is C26H19F3O7. The fourth-order valence-corrected chi connectivity index (χ4v) is 3.35. The molecule has 1 aromatic heterocycles. The predicted molar refractivity (Wildman–Crippen MR) is 123 cm³/mol. The summed E-state index contributed by atoms with van der Waals surface area (Å²) in [6.45, 7) is 0.113. The second kappa shape index (κ2) is 10.0. The highest BCUT2D eigenvalue weighted by Crippen LogP contribution is 2.38. The van der Waals surface area contributed by atoms with Crippen molar-refractivity contribution in [3.8, 4) is 23.0 Å². The van der Waals surface area contributed by atoms with E-state index < -0.39 is 29.1 Å². The van der Waals surface area contributed by atoms with E-state index in [9.17, 15) is 22.8 Å². The number of esters is 1. The normalized spacial score (nSPS) is 11.2. The molecule has 0 radical (unpaired) electrons. The van der Waals surface area contributed by atoms with Crippen molar-refractivity contribution in [1.82, 2.24) is 0 Å². The number of alkyl halides is 3. The predicted octanol–water partition coefficient (Wildman–Crippen LogP) is 5.98. The van der Waals surface area contributed by atoms with E-state index in [1.807, 2.05) is 0 Å². The first-order chi connectivity index (χ1) is 17.2. The Morgan fingerprint density at radius 1 is 0.917 bits per heavy atom. The SMILES string of the molecule is COC(=O)c1ccc(Oc2c(C(F)(F)F)oc3cc(OCc4cccc(OC)c4)ccc3c2=O)cc1. The molecular weight excluding hydrogens is 481 g/mol. The summed E-state index contributed by atoms with van der Waals surface area (Å²) in [5.41, 5.74) is -0.398. The number of carbonyl (C=O) groups excluding carboxylic acids is 1. The standard InChI is InChI=1S/C26H19F3O7/c1-32-18-5-3-4-15(12-18)14-34-19-10-11-20-21(13-19)36-24(26(27,28)29)23(22(20)30)35-17-8-6-16(7-9-17)25(31)33-2/h3-13H,14H2,1-2H3. The Labute approximate surface area is 202 Å². The van der Waals surface area contributed by atoms with Crippen molar-refractivity contribution in [2.45, 2.75) is 12.8 Å². The molecule has 0 unspecified atom stereocenters. The number of carbonyl (C=O) groups is 1. The Bertz CT molecular complexity index is 1460. The zero-order chi connectivity index (χ0) is 25.9. The molecule has 0 aliphatic rings. The highest BCUT2D eigenvalue weighted by Gasteiger charge is 2.40. The van der Waals surface area contributed by atoms with Crippen molar-refractivity contribution >= 4 is 16.9 Å². The number of fused-ring (bicyclic) bond motifs is 1. The molecule has 7 nitrogen and oxygen atoms in total. The van der Waals surface area contributed by atoms with Crippen LogP contribution in [-0.4, -0.2) is 20.2 Å². The molecule has 0 saturated heterocycles. The molecule has 1 heterocycles. The Hall–Kier alpha value is -4.47. The van der Waals surface area contributed by atoms with Gasteiger partial charge in [0.15, 0.2) is 0 Å². The van der Waals surface area contributed by atoms with Gasteiger partial charge in [-0.2, -0.15) is 13.2 Å². The van der Waals surface area contributed by atoms with Gasteiger partial charge in [-0.15, -0.1) is 0 Å². The third kappa shape index (κ3) is 5.27. The minimum absolute atomic E-state index is 0.0990. The summed E-state index contributed by atoms with van der Waals surface area (Å²) in [5.74, 6) is -2.52. The molecule has 10 heteroatoms. The van der Waals surface area contributed by atoms with Gasteiger partial charge in [-0.3, -0.25) is 4.79 Å². The third-order valence-electron chi connectivity index (χ3n) is 5.11. The van der Waals surface area contributed by atoms with Crippen LogP contribution in [-0.2, 0) is 17.5 Å². The quantitative estimate of drug-likeness (QED) is 0.289. The maximum atomic E-state index is 13.8. The zero-order valence-electron chi connectivity index (χ0n) is 19.0. The zero-order valence-corrected chi connectivity index (χ0v) is 19.0. The van der Waals surface area contributed by atoms with Crippen LogP contribution in [0.15, 0.2) is 75.9 Å². The number of halogens is 3. The van der Waals surface area contributed by atoms with Gasteiger partial charge in [-0.05, 0) is 54.1 Å². The first-order valence-corrected chi connectivity index (χ1v) is 10.5. The average molecular weight is 500 g/mol. The van der Waals surface area contributed by atoms with E-state index in [-0.39, 0.29) is 34.6 Å².